The van der Waals surface area contributed by atoms with Crippen LogP contribution >= 0.6 is 0 Å². The molecule has 2 atom stereocenters. The van der Waals surface area contributed by atoms with Crippen LogP contribution in [0.2, 0.25) is 0 Å². The molecule has 1 aromatic heterocycles. The van der Waals surface area contributed by atoms with Crippen molar-refractivity contribution in [3.05, 3.63) is 87.5 Å². The minimum Gasteiger partial charge on any atom is -0.493 e. The molecule has 0 fully saturated rings. The largest absolute Gasteiger partial charge is 0.493 e. The third-order valence-corrected chi connectivity index (χ3v) is 5.14. The van der Waals surface area contributed by atoms with E-state index in [1.807, 2.05) is 30.3 Å². The Morgan fingerprint density at radius 1 is 1.13 bits per heavy atom. The van der Waals surface area contributed by atoms with Crippen LogP contribution in [0.1, 0.15) is 28.4 Å². The van der Waals surface area contributed by atoms with Gasteiger partial charge in [0.15, 0.2) is 11.5 Å². The third-order valence-electron chi connectivity index (χ3n) is 5.14. The zero-order valence-corrected chi connectivity index (χ0v) is 17.0. The fourth-order valence-corrected chi connectivity index (χ4v) is 3.69. The minimum absolute atomic E-state index is 0.215. The lowest BCUT2D eigenvalue weighted by Gasteiger charge is -2.29. The van der Waals surface area contributed by atoms with Crippen molar-refractivity contribution in [3.63, 3.8) is 0 Å². The molecule has 0 bridgehead atoms. The first-order valence-corrected chi connectivity index (χ1v) is 9.67. The fraction of sp³-hybridized carbons (Fsp3) is 0.208. The summed E-state index contributed by atoms with van der Waals surface area (Å²) in [7, 11) is 1.54. The molecule has 0 aliphatic carbocycles. The number of hydrogen-bond acceptors (Lipinski definition) is 7. The maximum Gasteiger partial charge on any atom is 0.343 e. The van der Waals surface area contributed by atoms with E-state index < -0.39 is 17.5 Å². The molecule has 7 nitrogen and oxygen atoms in total. The molecule has 2 aromatic carbocycles. The van der Waals surface area contributed by atoms with Crippen LogP contribution in [0.25, 0.3) is 0 Å². The Morgan fingerprint density at radius 3 is 2.61 bits per heavy atom. The molecule has 31 heavy (non-hydrogen) atoms. The number of hydrogen-bond donors (Lipinski definition) is 1. The second-order valence-electron chi connectivity index (χ2n) is 7.16. The standard InChI is InChI=1S/C24H20N2O5/c1-14-10-20-22(24(27)30-14)21(17(12-25)23(26)31-20)16-8-9-18(28-2)19(11-16)29-13-15-6-4-3-5-7-15/h3-11,17,21,26H,13H2,1-2H3. The predicted octanol–water partition coefficient (Wildman–Crippen LogP) is 4.18. The highest BCUT2D eigenvalue weighted by atomic mass is 16.5. The molecule has 0 amide bonds. The number of nitriles is 1. The number of methoxy groups -OCH3 is 1. The number of aryl methyl sites for hydroxylation is 1. The third kappa shape index (κ3) is 3.88. The SMILES string of the molecule is COc1ccc(C2c3c(cc(C)oc3=O)OC(=N)C2C#N)cc1OCc1ccccc1. The number of rotatable bonds is 5. The van der Waals surface area contributed by atoms with Crippen molar-refractivity contribution in [2.24, 2.45) is 5.92 Å². The molecule has 156 valence electrons. The molecule has 1 aliphatic rings. The topological polar surface area (TPSA) is 106 Å². The summed E-state index contributed by atoms with van der Waals surface area (Å²) in [5.74, 6) is -0.336. The molecule has 3 aromatic rings. The molecule has 2 heterocycles. The first kappa shape index (κ1) is 20.2. The monoisotopic (exact) mass is 416 g/mol. The zero-order valence-electron chi connectivity index (χ0n) is 17.0. The number of nitrogens with zero attached hydrogens (tertiary/aromatic N) is 1. The molecule has 2 unspecified atom stereocenters. The summed E-state index contributed by atoms with van der Waals surface area (Å²) in [5.41, 5.74) is 1.24. The first-order chi connectivity index (χ1) is 15.0. The Hall–Kier alpha value is -4.05. The van der Waals surface area contributed by atoms with E-state index in [1.54, 1.807) is 38.3 Å². The van der Waals surface area contributed by atoms with Gasteiger partial charge < -0.3 is 18.6 Å². The van der Waals surface area contributed by atoms with Gasteiger partial charge in [-0.05, 0) is 30.2 Å². The molecule has 0 saturated heterocycles. The van der Waals surface area contributed by atoms with Gasteiger partial charge in [0, 0.05) is 12.0 Å². The van der Waals surface area contributed by atoms with Gasteiger partial charge in [-0.15, -0.1) is 0 Å². The normalized spacial score (nSPS) is 17.3. The summed E-state index contributed by atoms with van der Waals surface area (Å²) in [6.07, 6.45) is 0. The lowest BCUT2D eigenvalue weighted by molar-refractivity contribution is 0.284. The van der Waals surface area contributed by atoms with Gasteiger partial charge in [0.2, 0.25) is 5.90 Å². The number of nitrogens with one attached hydrogen (secondary N) is 1. The van der Waals surface area contributed by atoms with E-state index in [0.29, 0.717) is 29.4 Å². The maximum absolute atomic E-state index is 12.7. The average molecular weight is 416 g/mol. The molecule has 1 aliphatic heterocycles. The number of ether oxygens (including phenoxy) is 3. The lowest BCUT2D eigenvalue weighted by Crippen LogP contribution is -2.34. The quantitative estimate of drug-likeness (QED) is 0.669. The van der Waals surface area contributed by atoms with E-state index in [4.69, 9.17) is 24.0 Å². The van der Waals surface area contributed by atoms with E-state index in [1.165, 1.54) is 0 Å². The molecule has 4 rings (SSSR count). The Morgan fingerprint density at radius 2 is 1.90 bits per heavy atom. The van der Waals surface area contributed by atoms with Crippen LogP contribution in [0, 0.1) is 29.6 Å². The second-order valence-corrected chi connectivity index (χ2v) is 7.16. The van der Waals surface area contributed by atoms with Crippen molar-refractivity contribution in [2.75, 3.05) is 7.11 Å². The van der Waals surface area contributed by atoms with Crippen molar-refractivity contribution in [1.82, 2.24) is 0 Å². The molecular formula is C24H20N2O5. The van der Waals surface area contributed by atoms with Crippen molar-refractivity contribution >= 4 is 5.90 Å². The van der Waals surface area contributed by atoms with Crippen LogP contribution in [-0.4, -0.2) is 13.0 Å². The van der Waals surface area contributed by atoms with Gasteiger partial charge in [-0.1, -0.05) is 36.4 Å². The highest BCUT2D eigenvalue weighted by Crippen LogP contribution is 2.42. The molecule has 0 spiro atoms. The van der Waals surface area contributed by atoms with Crippen LogP contribution in [0.15, 0.2) is 63.8 Å². The van der Waals surface area contributed by atoms with E-state index in [-0.39, 0.29) is 17.2 Å². The van der Waals surface area contributed by atoms with E-state index in [2.05, 4.69) is 6.07 Å². The summed E-state index contributed by atoms with van der Waals surface area (Å²) in [6, 6.07) is 18.5. The maximum atomic E-state index is 12.7. The molecule has 0 saturated carbocycles. The highest BCUT2D eigenvalue weighted by molar-refractivity contribution is 5.85. The van der Waals surface area contributed by atoms with Crippen LogP contribution in [-0.2, 0) is 6.61 Å². The van der Waals surface area contributed by atoms with E-state index >= 15 is 0 Å². The Labute approximate surface area is 178 Å². The molecule has 0 radical (unpaired) electrons. The lowest BCUT2D eigenvalue weighted by atomic mass is 9.79. The molecule has 7 heteroatoms. The van der Waals surface area contributed by atoms with Gasteiger partial charge in [0.25, 0.3) is 0 Å². The van der Waals surface area contributed by atoms with Crippen LogP contribution in [0.4, 0.5) is 0 Å². The second kappa shape index (κ2) is 8.36. The summed E-state index contributed by atoms with van der Waals surface area (Å²) >= 11 is 0. The zero-order chi connectivity index (χ0) is 22.0. The summed E-state index contributed by atoms with van der Waals surface area (Å²) in [4.78, 5) is 12.7. The van der Waals surface area contributed by atoms with Crippen molar-refractivity contribution in [1.29, 1.82) is 10.7 Å². The minimum atomic E-state index is -0.978. The van der Waals surface area contributed by atoms with Crippen LogP contribution in [0.5, 0.6) is 17.2 Å². The summed E-state index contributed by atoms with van der Waals surface area (Å²) in [5, 5.41) is 17.9. The van der Waals surface area contributed by atoms with Crippen molar-refractivity contribution < 1.29 is 18.6 Å². The first-order valence-electron chi connectivity index (χ1n) is 9.67. The fourth-order valence-electron chi connectivity index (χ4n) is 3.69. The number of fused-ring (bicyclic) bond motifs is 1. The van der Waals surface area contributed by atoms with Crippen LogP contribution in [0.3, 0.4) is 0 Å². The smallest absolute Gasteiger partial charge is 0.343 e. The van der Waals surface area contributed by atoms with Gasteiger partial charge in [-0.2, -0.15) is 5.26 Å². The number of benzene rings is 2. The van der Waals surface area contributed by atoms with Gasteiger partial charge in [0.1, 0.15) is 24.0 Å². The van der Waals surface area contributed by atoms with Gasteiger partial charge >= 0.3 is 5.63 Å². The molecular weight excluding hydrogens is 396 g/mol. The van der Waals surface area contributed by atoms with Crippen molar-refractivity contribution in [3.8, 4) is 23.3 Å². The van der Waals surface area contributed by atoms with Gasteiger partial charge in [0.05, 0.1) is 18.7 Å². The average Bonchev–Trinajstić information content (AvgIpc) is 2.77. The highest BCUT2D eigenvalue weighted by Gasteiger charge is 2.40. The van der Waals surface area contributed by atoms with Crippen LogP contribution < -0.4 is 19.8 Å². The summed E-state index contributed by atoms with van der Waals surface area (Å²) in [6.45, 7) is 1.95. The Balaban J connectivity index is 1.78. The van der Waals surface area contributed by atoms with Crippen molar-refractivity contribution in [2.45, 2.75) is 19.4 Å². The molecule has 1 N–H and O–H groups in total. The predicted molar refractivity (Wildman–Crippen MR) is 113 cm³/mol. The Kier molecular flexibility index (Phi) is 5.46. The van der Waals surface area contributed by atoms with Gasteiger partial charge in [-0.25, -0.2) is 4.79 Å². The summed E-state index contributed by atoms with van der Waals surface area (Å²) < 4.78 is 22.1. The Bertz CT molecular complexity index is 1230. The van der Waals surface area contributed by atoms with E-state index in [9.17, 15) is 10.1 Å². The van der Waals surface area contributed by atoms with Gasteiger partial charge in [-0.3, -0.25) is 5.41 Å². The van der Waals surface area contributed by atoms with E-state index in [0.717, 1.165) is 5.56 Å².